The molecular weight excluding hydrogens is 272 g/mol. The van der Waals surface area contributed by atoms with Crippen LogP contribution in [0.4, 0.5) is 5.82 Å². The number of amides is 1. The van der Waals surface area contributed by atoms with E-state index < -0.39 is 4.92 Å². The number of likely N-dealkylation sites (N-methyl/N-ethyl adjacent to an activating group) is 1. The van der Waals surface area contributed by atoms with Crippen molar-refractivity contribution in [3.05, 3.63) is 27.9 Å². The van der Waals surface area contributed by atoms with Gasteiger partial charge in [0.05, 0.1) is 7.05 Å². The van der Waals surface area contributed by atoms with E-state index in [0.717, 1.165) is 6.42 Å². The molecule has 8 heteroatoms. The minimum Gasteiger partial charge on any atom is -0.358 e. The molecule has 2 heterocycles. The van der Waals surface area contributed by atoms with E-state index in [0.29, 0.717) is 24.8 Å². The number of halogens is 1. The van der Waals surface area contributed by atoms with Gasteiger partial charge in [-0.3, -0.25) is 4.79 Å². The van der Waals surface area contributed by atoms with E-state index in [4.69, 9.17) is 0 Å². The largest absolute Gasteiger partial charge is 0.358 e. The molecule has 0 aromatic carbocycles. The van der Waals surface area contributed by atoms with Gasteiger partial charge in [0.2, 0.25) is 0 Å². The highest BCUT2D eigenvalue weighted by molar-refractivity contribution is 5.93. The van der Waals surface area contributed by atoms with Crippen LogP contribution in [0.3, 0.4) is 0 Å². The summed E-state index contributed by atoms with van der Waals surface area (Å²) < 4.78 is 1.33. The third-order valence-electron chi connectivity index (χ3n) is 3.39. The number of nitro groups is 1. The van der Waals surface area contributed by atoms with Gasteiger partial charge in [-0.25, -0.2) is 4.57 Å². The van der Waals surface area contributed by atoms with Crippen molar-refractivity contribution < 1.29 is 9.72 Å². The average molecular weight is 289 g/mol. The minimum absolute atomic E-state index is 0. The second kappa shape index (κ2) is 6.03. The summed E-state index contributed by atoms with van der Waals surface area (Å²) in [6.07, 6.45) is 0.911. The van der Waals surface area contributed by atoms with Gasteiger partial charge >= 0.3 is 5.82 Å². The number of hydrogen-bond acceptors (Lipinski definition) is 4. The predicted molar refractivity (Wildman–Crippen MR) is 72.7 cm³/mol. The molecule has 1 saturated heterocycles. The molecule has 0 bridgehead atoms. The van der Waals surface area contributed by atoms with Crippen LogP contribution >= 0.6 is 12.4 Å². The Bertz CT molecular complexity index is 488. The Morgan fingerprint density at radius 1 is 1.53 bits per heavy atom. The van der Waals surface area contributed by atoms with Crippen molar-refractivity contribution in [1.82, 2.24) is 14.8 Å². The summed E-state index contributed by atoms with van der Waals surface area (Å²) in [5.41, 5.74) is 0.360. The second-order valence-corrected chi connectivity index (χ2v) is 4.42. The third kappa shape index (κ3) is 2.87. The summed E-state index contributed by atoms with van der Waals surface area (Å²) >= 11 is 0. The van der Waals surface area contributed by atoms with Gasteiger partial charge in [-0.05, 0) is 24.5 Å². The van der Waals surface area contributed by atoms with Gasteiger partial charge < -0.3 is 20.3 Å². The van der Waals surface area contributed by atoms with E-state index >= 15 is 0 Å². The number of carbonyl (C=O) groups excluding carboxylic acids is 1. The second-order valence-electron chi connectivity index (χ2n) is 4.42. The van der Waals surface area contributed by atoms with Gasteiger partial charge in [0.1, 0.15) is 0 Å². The summed E-state index contributed by atoms with van der Waals surface area (Å²) in [4.78, 5) is 24.2. The Kier molecular flexibility index (Phi) is 4.90. The summed E-state index contributed by atoms with van der Waals surface area (Å²) in [5.74, 6) is -0.217. The normalized spacial score (nSPS) is 18.2. The fourth-order valence-electron chi connectivity index (χ4n) is 2.24. The highest BCUT2D eigenvalue weighted by Gasteiger charge is 2.30. The van der Waals surface area contributed by atoms with E-state index in [1.807, 2.05) is 7.05 Å². The fourth-order valence-corrected chi connectivity index (χ4v) is 2.24. The van der Waals surface area contributed by atoms with E-state index in [9.17, 15) is 14.9 Å². The molecule has 0 radical (unpaired) electrons. The van der Waals surface area contributed by atoms with Gasteiger partial charge in [0, 0.05) is 25.2 Å². The Morgan fingerprint density at radius 2 is 2.21 bits per heavy atom. The molecule has 1 amide bonds. The summed E-state index contributed by atoms with van der Waals surface area (Å²) in [6.45, 7) is 1.33. The number of carbonyl (C=O) groups is 1. The molecule has 0 aliphatic carbocycles. The number of likely N-dealkylation sites (tertiary alicyclic amines) is 1. The quantitative estimate of drug-likeness (QED) is 0.659. The van der Waals surface area contributed by atoms with Gasteiger partial charge in [-0.15, -0.1) is 12.4 Å². The molecule has 1 unspecified atom stereocenters. The molecule has 1 fully saturated rings. The summed E-state index contributed by atoms with van der Waals surface area (Å²) in [5, 5.41) is 13.9. The number of nitrogens with zero attached hydrogens (tertiary/aromatic N) is 3. The predicted octanol–water partition coefficient (Wildman–Crippen LogP) is 0.789. The molecule has 1 aliphatic rings. The van der Waals surface area contributed by atoms with Crippen molar-refractivity contribution in [3.63, 3.8) is 0 Å². The first-order valence-corrected chi connectivity index (χ1v) is 5.81. The Labute approximate surface area is 117 Å². The van der Waals surface area contributed by atoms with Crippen molar-refractivity contribution in [3.8, 4) is 0 Å². The summed E-state index contributed by atoms with van der Waals surface area (Å²) in [6, 6.07) is 3.18. The number of aromatic nitrogens is 1. The zero-order valence-electron chi connectivity index (χ0n) is 10.8. The van der Waals surface area contributed by atoms with Crippen LogP contribution in [-0.2, 0) is 7.05 Å². The Morgan fingerprint density at radius 3 is 2.68 bits per heavy atom. The van der Waals surface area contributed by atoms with Crippen molar-refractivity contribution in [2.75, 3.05) is 20.1 Å². The van der Waals surface area contributed by atoms with E-state index in [2.05, 4.69) is 5.32 Å². The van der Waals surface area contributed by atoms with E-state index in [-0.39, 0.29) is 24.1 Å². The number of nitrogens with one attached hydrogen (secondary N) is 1. The first kappa shape index (κ1) is 15.5. The van der Waals surface area contributed by atoms with Gasteiger partial charge in [-0.2, -0.15) is 0 Å². The molecule has 19 heavy (non-hydrogen) atoms. The molecule has 106 valence electrons. The molecular formula is C11H17ClN4O3. The summed E-state index contributed by atoms with van der Waals surface area (Å²) in [7, 11) is 3.41. The van der Waals surface area contributed by atoms with Gasteiger partial charge in [0.15, 0.2) is 5.69 Å². The van der Waals surface area contributed by atoms with Crippen LogP contribution in [0.15, 0.2) is 12.1 Å². The van der Waals surface area contributed by atoms with Crippen LogP contribution in [-0.4, -0.2) is 46.5 Å². The smallest absolute Gasteiger partial charge is 0.323 e. The monoisotopic (exact) mass is 288 g/mol. The van der Waals surface area contributed by atoms with Crippen LogP contribution in [0.25, 0.3) is 0 Å². The lowest BCUT2D eigenvalue weighted by atomic mass is 10.3. The molecule has 7 nitrogen and oxygen atoms in total. The van der Waals surface area contributed by atoms with Crippen molar-refractivity contribution in [2.45, 2.75) is 12.5 Å². The topological polar surface area (TPSA) is 80.4 Å². The average Bonchev–Trinajstić information content (AvgIpc) is 2.94. The highest BCUT2D eigenvalue weighted by atomic mass is 35.5. The fraction of sp³-hybridized carbons (Fsp3) is 0.545. The van der Waals surface area contributed by atoms with Crippen molar-refractivity contribution >= 4 is 24.1 Å². The molecule has 0 spiro atoms. The molecule has 1 aromatic rings. The Hall–Kier alpha value is -1.60. The van der Waals surface area contributed by atoms with Crippen LogP contribution in [0.1, 0.15) is 16.9 Å². The molecule has 1 aromatic heterocycles. The zero-order valence-corrected chi connectivity index (χ0v) is 11.6. The van der Waals surface area contributed by atoms with Crippen LogP contribution in [0, 0.1) is 10.1 Å². The van der Waals surface area contributed by atoms with E-state index in [1.54, 1.807) is 4.90 Å². The lowest BCUT2D eigenvalue weighted by Gasteiger charge is -2.15. The maximum absolute atomic E-state index is 12.2. The molecule has 1 atom stereocenters. The molecule has 2 rings (SSSR count). The molecule has 1 aliphatic heterocycles. The van der Waals surface area contributed by atoms with Crippen LogP contribution in [0.2, 0.25) is 0 Å². The zero-order chi connectivity index (χ0) is 13.3. The first-order chi connectivity index (χ1) is 8.54. The molecule has 1 N–H and O–H groups in total. The molecule has 0 saturated carbocycles. The maximum atomic E-state index is 12.2. The SMILES string of the molecule is CNC1CCN(C(=O)c2ccc([N+](=O)[O-])n2C)C1.Cl. The number of hydrogen-bond donors (Lipinski definition) is 1. The highest BCUT2D eigenvalue weighted by Crippen LogP contribution is 2.19. The number of rotatable bonds is 3. The van der Waals surface area contributed by atoms with Crippen LogP contribution in [0.5, 0.6) is 0 Å². The Balaban J connectivity index is 0.00000180. The van der Waals surface area contributed by atoms with Crippen molar-refractivity contribution in [2.24, 2.45) is 7.05 Å². The lowest BCUT2D eigenvalue weighted by Crippen LogP contribution is -2.34. The lowest BCUT2D eigenvalue weighted by molar-refractivity contribution is -0.391. The van der Waals surface area contributed by atoms with Crippen molar-refractivity contribution in [1.29, 1.82) is 0 Å². The van der Waals surface area contributed by atoms with Gasteiger partial charge in [0.25, 0.3) is 5.91 Å². The minimum atomic E-state index is -0.489. The standard InChI is InChI=1S/C11H16N4O3.ClH/c1-12-8-5-6-14(7-8)11(16)9-3-4-10(13(9)2)15(17)18;/h3-4,8,12H,5-7H2,1-2H3;1H. The maximum Gasteiger partial charge on any atom is 0.323 e. The van der Waals surface area contributed by atoms with Crippen LogP contribution < -0.4 is 5.32 Å². The van der Waals surface area contributed by atoms with E-state index in [1.165, 1.54) is 23.7 Å². The van der Waals surface area contributed by atoms with Gasteiger partial charge in [-0.1, -0.05) is 0 Å². The first-order valence-electron chi connectivity index (χ1n) is 5.81. The third-order valence-corrected chi connectivity index (χ3v) is 3.39.